The molecule has 39 heavy (non-hydrogen) atoms. The molecule has 0 radical (unpaired) electrons. The van der Waals surface area contributed by atoms with E-state index in [0.29, 0.717) is 0 Å². The van der Waals surface area contributed by atoms with Crippen molar-refractivity contribution < 1.29 is 16.9 Å². The third-order valence-corrected chi connectivity index (χ3v) is 8.46. The molecule has 0 aromatic carbocycles. The molecule has 1 aliphatic rings. The minimum absolute atomic E-state index is 0. The van der Waals surface area contributed by atoms with E-state index in [0.717, 1.165) is 71.9 Å². The molecule has 3 rings (SSSR count). The molecule has 0 bridgehead atoms. The van der Waals surface area contributed by atoms with Crippen molar-refractivity contribution in [1.82, 2.24) is 30.0 Å². The van der Waals surface area contributed by atoms with Crippen LogP contribution in [0.3, 0.4) is 0 Å². The maximum absolute atomic E-state index is 4.61. The van der Waals surface area contributed by atoms with Crippen LogP contribution in [-0.4, -0.2) is 114 Å². The Morgan fingerprint density at radius 3 is 1.85 bits per heavy atom. The molecule has 220 valence electrons. The second-order valence-electron chi connectivity index (χ2n) is 10.9. The lowest BCUT2D eigenvalue weighted by molar-refractivity contribution is -0.923. The van der Waals surface area contributed by atoms with Crippen LogP contribution < -0.4 is 17.7 Å². The first-order valence-corrected chi connectivity index (χ1v) is 15.2. The second-order valence-corrected chi connectivity index (χ2v) is 10.9. The fourth-order valence-corrected chi connectivity index (χ4v) is 5.68. The van der Waals surface area contributed by atoms with Gasteiger partial charge in [-0.1, -0.05) is 12.1 Å². The highest BCUT2D eigenvalue weighted by Crippen LogP contribution is 2.10. The lowest BCUT2D eigenvalue weighted by atomic mass is 10.2. The van der Waals surface area contributed by atoms with Crippen LogP contribution in [0.2, 0.25) is 0 Å². The lowest BCUT2D eigenvalue weighted by Gasteiger charge is -2.37. The van der Waals surface area contributed by atoms with Crippen molar-refractivity contribution in [3.05, 3.63) is 60.2 Å². The number of nitrogens with one attached hydrogen (secondary N) is 1. The van der Waals surface area contributed by atoms with Crippen molar-refractivity contribution in [1.29, 1.82) is 0 Å². The van der Waals surface area contributed by atoms with Crippen molar-refractivity contribution in [2.24, 2.45) is 0 Å². The third-order valence-electron chi connectivity index (χ3n) is 8.46. The van der Waals surface area contributed by atoms with Crippen molar-refractivity contribution in [2.75, 3.05) is 85.1 Å². The largest absolute Gasteiger partial charge is 1.00 e. The van der Waals surface area contributed by atoms with E-state index in [1.54, 1.807) is 0 Å². The van der Waals surface area contributed by atoms with Gasteiger partial charge in [-0.25, -0.2) is 0 Å². The van der Waals surface area contributed by atoms with Crippen LogP contribution in [0.25, 0.3) is 0 Å². The number of hydrogen-bond donors (Lipinski definition) is 1. The minimum Gasteiger partial charge on any atom is -1.00 e. The summed E-state index contributed by atoms with van der Waals surface area (Å²) in [5.41, 5.74) is 2.35. The molecule has 3 heterocycles. The van der Waals surface area contributed by atoms with E-state index in [1.165, 1.54) is 61.4 Å². The molecular weight excluding hydrogens is 506 g/mol. The van der Waals surface area contributed by atoms with E-state index in [-0.39, 0.29) is 12.4 Å². The second kappa shape index (κ2) is 19.5. The number of quaternary nitrogens is 1. The summed E-state index contributed by atoms with van der Waals surface area (Å²) in [7, 11) is 0. The van der Waals surface area contributed by atoms with Crippen molar-refractivity contribution >= 4 is 0 Å². The molecule has 0 aliphatic carbocycles. The molecule has 0 atom stereocenters. The highest BCUT2D eigenvalue weighted by atomic mass is 35.5. The first-order valence-electron chi connectivity index (χ1n) is 15.2. The van der Waals surface area contributed by atoms with Crippen molar-refractivity contribution in [3.63, 3.8) is 0 Å². The highest BCUT2D eigenvalue weighted by molar-refractivity contribution is 5.04. The Hall–Kier alpha value is -1.61. The van der Waals surface area contributed by atoms with Crippen LogP contribution in [0.5, 0.6) is 0 Å². The maximum atomic E-state index is 4.61. The van der Waals surface area contributed by atoms with E-state index in [1.807, 2.05) is 24.5 Å². The predicted molar refractivity (Wildman–Crippen MR) is 159 cm³/mol. The average molecular weight is 560 g/mol. The van der Waals surface area contributed by atoms with Gasteiger partial charge in [-0.15, -0.1) is 0 Å². The van der Waals surface area contributed by atoms with Crippen molar-refractivity contribution in [2.45, 2.75) is 53.1 Å². The molecule has 7 nitrogen and oxygen atoms in total. The Morgan fingerprint density at radius 2 is 1.26 bits per heavy atom. The fourth-order valence-electron chi connectivity index (χ4n) is 5.68. The normalized spacial score (nSPS) is 17.8. The van der Waals surface area contributed by atoms with Gasteiger partial charge in [0.1, 0.15) is 0 Å². The summed E-state index contributed by atoms with van der Waals surface area (Å²) >= 11 is 0. The predicted octanol–water partition coefficient (Wildman–Crippen LogP) is 0.737. The molecule has 1 N–H and O–H groups in total. The van der Waals surface area contributed by atoms with Gasteiger partial charge >= 0.3 is 0 Å². The Morgan fingerprint density at radius 1 is 0.692 bits per heavy atom. The van der Waals surface area contributed by atoms with E-state index < -0.39 is 0 Å². The zero-order valence-electron chi connectivity index (χ0n) is 24.9. The summed E-state index contributed by atoms with van der Waals surface area (Å²) in [6.07, 6.45) is 7.47. The van der Waals surface area contributed by atoms with Gasteiger partial charge in [-0.3, -0.25) is 19.8 Å². The highest BCUT2D eigenvalue weighted by Gasteiger charge is 2.21. The first-order chi connectivity index (χ1) is 18.7. The number of halogens is 1. The Kier molecular flexibility index (Phi) is 16.8. The van der Waals surface area contributed by atoms with Gasteiger partial charge < -0.3 is 27.1 Å². The Bertz CT molecular complexity index is 842. The zero-order chi connectivity index (χ0) is 26.9. The molecule has 0 unspecified atom stereocenters. The molecule has 1 saturated heterocycles. The number of pyridine rings is 2. The molecule has 8 heteroatoms. The molecule has 1 aliphatic heterocycles. The van der Waals surface area contributed by atoms with E-state index in [9.17, 15) is 0 Å². The zero-order valence-corrected chi connectivity index (χ0v) is 25.7. The third kappa shape index (κ3) is 12.6. The molecule has 2 aromatic rings. The minimum atomic E-state index is 0. The van der Waals surface area contributed by atoms with Gasteiger partial charge in [0, 0.05) is 64.6 Å². The summed E-state index contributed by atoms with van der Waals surface area (Å²) in [4.78, 5) is 17.1. The van der Waals surface area contributed by atoms with Gasteiger partial charge in [0.05, 0.1) is 37.6 Å². The van der Waals surface area contributed by atoms with Crippen LogP contribution in [0.1, 0.15) is 51.4 Å². The Balaban J connectivity index is 0.00000533. The summed E-state index contributed by atoms with van der Waals surface area (Å²) in [6.45, 7) is 23.9. The van der Waals surface area contributed by atoms with Gasteiger partial charge in [-0.2, -0.15) is 0 Å². The van der Waals surface area contributed by atoms with Gasteiger partial charge in [-0.05, 0) is 84.1 Å². The maximum Gasteiger partial charge on any atom is 0.0798 e. The fraction of sp³-hybridized carbons (Fsp3) is 0.677. The van der Waals surface area contributed by atoms with E-state index in [2.05, 4.69) is 75.0 Å². The Labute approximate surface area is 245 Å². The van der Waals surface area contributed by atoms with Crippen LogP contribution >= 0.6 is 0 Å². The number of nitrogens with zero attached hydrogens (tertiary/aromatic N) is 6. The summed E-state index contributed by atoms with van der Waals surface area (Å²) in [6, 6.07) is 12.5. The smallest absolute Gasteiger partial charge is 0.0798 e. The van der Waals surface area contributed by atoms with Gasteiger partial charge in [0.15, 0.2) is 0 Å². The molecular formula is C31H54ClN7. The van der Waals surface area contributed by atoms with Crippen LogP contribution in [0.4, 0.5) is 0 Å². The average Bonchev–Trinajstić information content (AvgIpc) is 2.96. The molecule has 1 fully saturated rings. The summed E-state index contributed by atoms with van der Waals surface area (Å²) in [5.74, 6) is 0. The molecule has 0 spiro atoms. The monoisotopic (exact) mass is 559 g/mol. The number of hydrogen-bond acceptors (Lipinski definition) is 6. The van der Waals surface area contributed by atoms with Crippen LogP contribution in [-0.2, 0) is 13.1 Å². The molecule has 2 aromatic heterocycles. The SMILES string of the molecule is CC[N+](CC)(CC)CCCN1CCCN(Cc2ccccn2)CCNCCCN(Cc2ccccn2)CC1.[Cl-]. The van der Waals surface area contributed by atoms with Gasteiger partial charge in [0.2, 0.25) is 0 Å². The summed E-state index contributed by atoms with van der Waals surface area (Å²) in [5, 5.41) is 3.69. The van der Waals surface area contributed by atoms with Crippen molar-refractivity contribution in [3.8, 4) is 0 Å². The lowest BCUT2D eigenvalue weighted by Crippen LogP contribution is -3.00. The molecule has 0 amide bonds. The van der Waals surface area contributed by atoms with Crippen LogP contribution in [0.15, 0.2) is 48.8 Å². The molecule has 0 saturated carbocycles. The van der Waals surface area contributed by atoms with Gasteiger partial charge in [0.25, 0.3) is 0 Å². The quantitative estimate of drug-likeness (QED) is 0.410. The van der Waals surface area contributed by atoms with E-state index in [4.69, 9.17) is 0 Å². The number of aromatic nitrogens is 2. The van der Waals surface area contributed by atoms with Crippen LogP contribution in [0, 0.1) is 0 Å². The standard InChI is InChI=1S/C31H54N7.ClH/c1-4-38(5-2,6-3)27-13-23-35-21-12-22-36(28-30-14-7-9-17-33-30)24-19-32-16-11-20-37(26-25-35)29-31-15-8-10-18-34-31;/h7-10,14-15,17-18,32H,4-6,11-13,16,19-29H2,1-3H3;1H/q+1;/p-1. The van der Waals surface area contributed by atoms with E-state index >= 15 is 0 Å². The summed E-state index contributed by atoms with van der Waals surface area (Å²) < 4.78 is 1.24. The topological polar surface area (TPSA) is 47.5 Å². The number of rotatable bonds is 11. The first kappa shape index (κ1) is 33.6.